The van der Waals surface area contributed by atoms with Crippen LogP contribution in [-0.4, -0.2) is 50.3 Å². The van der Waals surface area contributed by atoms with E-state index in [2.05, 4.69) is 0 Å². The molecular weight excluding hydrogens is 295 g/mol. The molecule has 0 bridgehead atoms. The predicted molar refractivity (Wildman–Crippen MR) is 71.9 cm³/mol. The van der Waals surface area contributed by atoms with Crippen molar-refractivity contribution in [3.05, 3.63) is 29.6 Å². The van der Waals surface area contributed by atoms with E-state index in [-0.39, 0.29) is 24.5 Å². The number of rotatable bonds is 3. The number of nitrogens with zero attached hydrogens (tertiary/aromatic N) is 4. The Morgan fingerprint density at radius 2 is 1.86 bits per heavy atom. The molecule has 0 unspecified atom stereocenters. The topological polar surface area (TPSA) is 88.2 Å². The first-order valence-electron chi connectivity index (χ1n) is 6.28. The highest BCUT2D eigenvalue weighted by Gasteiger charge is 2.31. The highest BCUT2D eigenvalue weighted by molar-refractivity contribution is 7.89. The molecule has 0 N–H and O–H groups in total. The van der Waals surface area contributed by atoms with E-state index < -0.39 is 21.4 Å². The molecule has 8 heteroatoms. The van der Waals surface area contributed by atoms with E-state index in [1.54, 1.807) is 6.07 Å². The molecule has 0 aromatic heterocycles. The van der Waals surface area contributed by atoms with Crippen molar-refractivity contribution in [1.82, 2.24) is 9.21 Å². The van der Waals surface area contributed by atoms with Gasteiger partial charge >= 0.3 is 0 Å². The molecule has 1 fully saturated rings. The van der Waals surface area contributed by atoms with Gasteiger partial charge in [-0.2, -0.15) is 14.8 Å². The van der Waals surface area contributed by atoms with Gasteiger partial charge in [-0.25, -0.2) is 12.8 Å². The first-order valence-corrected chi connectivity index (χ1v) is 7.72. The summed E-state index contributed by atoms with van der Waals surface area (Å²) in [6, 6.07) is 7.18. The molecule has 0 aliphatic carbocycles. The quantitative estimate of drug-likeness (QED) is 0.760. The second-order valence-electron chi connectivity index (χ2n) is 4.56. The van der Waals surface area contributed by atoms with E-state index in [0.717, 1.165) is 6.07 Å². The minimum absolute atomic E-state index is 0.214. The van der Waals surface area contributed by atoms with Gasteiger partial charge in [0.1, 0.15) is 22.3 Å². The molecule has 0 amide bonds. The van der Waals surface area contributed by atoms with Crippen LogP contribution in [0.5, 0.6) is 0 Å². The number of hydrogen-bond donors (Lipinski definition) is 0. The number of halogens is 1. The van der Waals surface area contributed by atoms with Gasteiger partial charge in [0.25, 0.3) is 0 Å². The predicted octanol–water partition coefficient (Wildman–Crippen LogP) is 0.527. The van der Waals surface area contributed by atoms with Gasteiger partial charge in [-0.1, -0.05) is 6.07 Å². The molecule has 1 aromatic carbocycles. The number of benzene rings is 1. The van der Waals surface area contributed by atoms with Gasteiger partial charge in [0.05, 0.1) is 12.6 Å². The first-order chi connectivity index (χ1) is 10.0. The van der Waals surface area contributed by atoms with Gasteiger partial charge in [0, 0.05) is 26.2 Å². The standard InChI is InChI=1S/C13H13FN4O2S/c14-12-2-1-3-13(11(12)10-16)21(19,20)18-8-6-17(5-4-15)7-9-18/h1-3H,5-9H2. The van der Waals surface area contributed by atoms with Gasteiger partial charge in [0.15, 0.2) is 0 Å². The molecule has 0 radical (unpaired) electrons. The molecule has 1 aliphatic heterocycles. The Balaban J connectivity index is 2.27. The number of sulfonamides is 1. The van der Waals surface area contributed by atoms with Crippen LogP contribution in [0.15, 0.2) is 23.1 Å². The normalized spacial score (nSPS) is 17.1. The van der Waals surface area contributed by atoms with Gasteiger partial charge in [-0.05, 0) is 12.1 Å². The maximum absolute atomic E-state index is 13.6. The van der Waals surface area contributed by atoms with Crippen LogP contribution in [0.25, 0.3) is 0 Å². The van der Waals surface area contributed by atoms with Gasteiger partial charge in [-0.15, -0.1) is 0 Å². The molecule has 6 nitrogen and oxygen atoms in total. The zero-order valence-electron chi connectivity index (χ0n) is 11.2. The Morgan fingerprint density at radius 3 is 2.43 bits per heavy atom. The van der Waals surface area contributed by atoms with Crippen molar-refractivity contribution in [2.45, 2.75) is 4.90 Å². The van der Waals surface area contributed by atoms with Crippen molar-refractivity contribution in [1.29, 1.82) is 10.5 Å². The summed E-state index contributed by atoms with van der Waals surface area (Å²) in [6.45, 7) is 1.54. The maximum atomic E-state index is 13.6. The summed E-state index contributed by atoms with van der Waals surface area (Å²) < 4.78 is 39.8. The zero-order valence-corrected chi connectivity index (χ0v) is 12.0. The molecule has 0 spiro atoms. The van der Waals surface area contributed by atoms with E-state index in [9.17, 15) is 12.8 Å². The molecule has 1 aromatic rings. The van der Waals surface area contributed by atoms with Gasteiger partial charge < -0.3 is 0 Å². The maximum Gasteiger partial charge on any atom is 0.244 e. The SMILES string of the molecule is N#CCN1CCN(S(=O)(=O)c2cccc(F)c2C#N)CC1. The van der Waals surface area contributed by atoms with E-state index in [4.69, 9.17) is 10.5 Å². The molecule has 0 atom stereocenters. The van der Waals surface area contributed by atoms with Crippen molar-refractivity contribution in [3.8, 4) is 12.1 Å². The Labute approximate surface area is 122 Å². The summed E-state index contributed by atoms with van der Waals surface area (Å²) in [7, 11) is -3.90. The largest absolute Gasteiger partial charge is 0.288 e. The molecule has 21 heavy (non-hydrogen) atoms. The number of piperazine rings is 1. The lowest BCUT2D eigenvalue weighted by molar-refractivity contribution is 0.206. The average molecular weight is 308 g/mol. The molecule has 1 heterocycles. The lowest BCUT2D eigenvalue weighted by Gasteiger charge is -2.32. The third-order valence-corrected chi connectivity index (χ3v) is 5.27. The fraction of sp³-hybridized carbons (Fsp3) is 0.385. The molecular formula is C13H13FN4O2S. The Morgan fingerprint density at radius 1 is 1.19 bits per heavy atom. The van der Waals surface area contributed by atoms with Crippen LogP contribution in [0, 0.1) is 28.5 Å². The van der Waals surface area contributed by atoms with Gasteiger partial charge in [-0.3, -0.25) is 4.90 Å². The third-order valence-electron chi connectivity index (χ3n) is 3.33. The fourth-order valence-electron chi connectivity index (χ4n) is 2.19. The minimum Gasteiger partial charge on any atom is -0.288 e. The van der Waals surface area contributed by atoms with Crippen molar-refractivity contribution in [2.24, 2.45) is 0 Å². The molecule has 1 aliphatic rings. The van der Waals surface area contributed by atoms with Crippen LogP contribution in [-0.2, 0) is 10.0 Å². The first kappa shape index (κ1) is 15.4. The summed E-state index contributed by atoms with van der Waals surface area (Å²) in [5.74, 6) is -0.846. The fourth-order valence-corrected chi connectivity index (χ4v) is 3.77. The second kappa shape index (κ2) is 6.19. The van der Waals surface area contributed by atoms with Crippen LogP contribution in [0.2, 0.25) is 0 Å². The summed E-state index contributed by atoms with van der Waals surface area (Å²) in [6.07, 6.45) is 0. The van der Waals surface area contributed by atoms with Crippen molar-refractivity contribution in [3.63, 3.8) is 0 Å². The molecule has 110 valence electrons. The Bertz CT molecular complexity index is 713. The van der Waals surface area contributed by atoms with Crippen LogP contribution < -0.4 is 0 Å². The Kier molecular flexibility index (Phi) is 4.53. The van der Waals surface area contributed by atoms with Crippen LogP contribution in [0.1, 0.15) is 5.56 Å². The second-order valence-corrected chi connectivity index (χ2v) is 6.47. The highest BCUT2D eigenvalue weighted by Crippen LogP contribution is 2.23. The van der Waals surface area contributed by atoms with Gasteiger partial charge in [0.2, 0.25) is 10.0 Å². The smallest absolute Gasteiger partial charge is 0.244 e. The van der Waals surface area contributed by atoms with Crippen molar-refractivity contribution < 1.29 is 12.8 Å². The number of hydrogen-bond acceptors (Lipinski definition) is 5. The summed E-state index contributed by atoms with van der Waals surface area (Å²) in [4.78, 5) is 1.53. The number of nitriles is 2. The molecule has 0 saturated carbocycles. The lowest BCUT2D eigenvalue weighted by atomic mass is 10.2. The van der Waals surface area contributed by atoms with Crippen LogP contribution in [0.4, 0.5) is 4.39 Å². The van der Waals surface area contributed by atoms with Crippen molar-refractivity contribution >= 4 is 10.0 Å². The summed E-state index contributed by atoms with van der Waals surface area (Å²) >= 11 is 0. The van der Waals surface area contributed by atoms with Crippen LogP contribution >= 0.6 is 0 Å². The minimum atomic E-state index is -3.90. The van der Waals surface area contributed by atoms with E-state index >= 15 is 0 Å². The van der Waals surface area contributed by atoms with E-state index in [1.807, 2.05) is 11.0 Å². The Hall–Kier alpha value is -2.00. The summed E-state index contributed by atoms with van der Waals surface area (Å²) in [5.41, 5.74) is -0.461. The lowest BCUT2D eigenvalue weighted by Crippen LogP contribution is -2.48. The molecule has 2 rings (SSSR count). The van der Waals surface area contributed by atoms with E-state index in [0.29, 0.717) is 13.1 Å². The average Bonchev–Trinajstić information content (AvgIpc) is 2.48. The van der Waals surface area contributed by atoms with E-state index in [1.165, 1.54) is 16.4 Å². The highest BCUT2D eigenvalue weighted by atomic mass is 32.2. The third kappa shape index (κ3) is 3.03. The monoisotopic (exact) mass is 308 g/mol. The zero-order chi connectivity index (χ0) is 15.5. The summed E-state index contributed by atoms with van der Waals surface area (Å²) in [5, 5.41) is 17.6. The van der Waals surface area contributed by atoms with Crippen molar-refractivity contribution in [2.75, 3.05) is 32.7 Å². The van der Waals surface area contributed by atoms with Crippen LogP contribution in [0.3, 0.4) is 0 Å². The molecule has 1 saturated heterocycles.